The highest BCUT2D eigenvalue weighted by molar-refractivity contribution is 6.01. The Morgan fingerprint density at radius 2 is 1.77 bits per heavy atom. The molecule has 0 atom stereocenters. The van der Waals surface area contributed by atoms with Crippen molar-refractivity contribution in [2.45, 2.75) is 0 Å². The fourth-order valence-electron chi connectivity index (χ4n) is 2.26. The first-order valence-corrected chi connectivity index (χ1v) is 7.63. The molecule has 136 valence electrons. The smallest absolute Gasteiger partial charge is 0.340 e. The Bertz CT molecular complexity index is 830. The van der Waals surface area contributed by atoms with Gasteiger partial charge in [0.05, 0.1) is 23.3 Å². The van der Waals surface area contributed by atoms with Gasteiger partial charge in [0.1, 0.15) is 5.75 Å². The monoisotopic (exact) mass is 358 g/mol. The van der Waals surface area contributed by atoms with Crippen LogP contribution in [0.4, 0.5) is 11.4 Å². The second-order valence-electron chi connectivity index (χ2n) is 5.58. The Hall–Kier alpha value is -3.42. The fourth-order valence-corrected chi connectivity index (χ4v) is 2.26. The van der Waals surface area contributed by atoms with E-state index in [-0.39, 0.29) is 11.3 Å². The molecule has 2 aromatic rings. The van der Waals surface area contributed by atoms with Gasteiger partial charge in [-0.25, -0.2) is 4.79 Å². The van der Waals surface area contributed by atoms with E-state index in [4.69, 9.17) is 9.47 Å². The van der Waals surface area contributed by atoms with Crippen LogP contribution in [0.2, 0.25) is 0 Å². The highest BCUT2D eigenvalue weighted by Gasteiger charge is 2.20. The number of nitro groups is 1. The number of ether oxygens (including phenoxy) is 2. The van der Waals surface area contributed by atoms with Crippen LogP contribution in [0, 0.1) is 10.1 Å². The van der Waals surface area contributed by atoms with Crippen LogP contribution in [0.25, 0.3) is 0 Å². The molecule has 0 saturated heterocycles. The zero-order valence-corrected chi connectivity index (χ0v) is 14.6. The van der Waals surface area contributed by atoms with Crippen molar-refractivity contribution in [1.29, 1.82) is 0 Å². The molecule has 26 heavy (non-hydrogen) atoms. The molecule has 0 unspecified atom stereocenters. The third-order valence-electron chi connectivity index (χ3n) is 3.64. The molecule has 0 aliphatic heterocycles. The van der Waals surface area contributed by atoms with E-state index in [1.807, 2.05) is 0 Å². The summed E-state index contributed by atoms with van der Waals surface area (Å²) in [6, 6.07) is 10.3. The number of carbonyl (C=O) groups excluding carboxylic acids is 2. The zero-order valence-electron chi connectivity index (χ0n) is 14.6. The average molecular weight is 358 g/mol. The van der Waals surface area contributed by atoms with Gasteiger partial charge in [-0.2, -0.15) is 0 Å². The van der Waals surface area contributed by atoms with Gasteiger partial charge in [-0.3, -0.25) is 14.9 Å². The molecule has 0 amide bonds. The van der Waals surface area contributed by atoms with Gasteiger partial charge < -0.3 is 14.4 Å². The molecule has 0 bridgehead atoms. The van der Waals surface area contributed by atoms with Gasteiger partial charge in [-0.15, -0.1) is 0 Å². The third-order valence-corrected chi connectivity index (χ3v) is 3.64. The maximum atomic E-state index is 12.3. The van der Waals surface area contributed by atoms with Gasteiger partial charge in [0.25, 0.3) is 5.69 Å². The van der Waals surface area contributed by atoms with Crippen LogP contribution in [0.15, 0.2) is 42.5 Å². The van der Waals surface area contributed by atoms with Crippen molar-refractivity contribution in [3.8, 4) is 5.75 Å². The lowest BCUT2D eigenvalue weighted by Crippen LogP contribution is -2.18. The second kappa shape index (κ2) is 8.11. The molecule has 0 aliphatic carbocycles. The molecule has 0 N–H and O–H groups in total. The summed E-state index contributed by atoms with van der Waals surface area (Å²) < 4.78 is 10.1. The van der Waals surface area contributed by atoms with E-state index in [1.54, 1.807) is 43.3 Å². The Labute approximate surface area is 150 Å². The van der Waals surface area contributed by atoms with E-state index in [0.29, 0.717) is 17.0 Å². The minimum Gasteiger partial charge on any atom is -0.497 e. The van der Waals surface area contributed by atoms with Crippen molar-refractivity contribution in [1.82, 2.24) is 0 Å². The number of esters is 1. The van der Waals surface area contributed by atoms with E-state index in [1.165, 1.54) is 19.2 Å². The molecule has 2 rings (SSSR count). The van der Waals surface area contributed by atoms with Gasteiger partial charge in [0.15, 0.2) is 12.4 Å². The Kier molecular flexibility index (Phi) is 5.90. The highest BCUT2D eigenvalue weighted by atomic mass is 16.6. The first-order chi connectivity index (χ1) is 12.3. The van der Waals surface area contributed by atoms with Crippen LogP contribution in [0.3, 0.4) is 0 Å². The Morgan fingerprint density at radius 1 is 1.12 bits per heavy atom. The van der Waals surface area contributed by atoms with Crippen molar-refractivity contribution in [2.75, 3.05) is 32.7 Å². The molecule has 2 aromatic carbocycles. The molecule has 0 aromatic heterocycles. The Morgan fingerprint density at radius 3 is 2.31 bits per heavy atom. The minimum atomic E-state index is -0.806. The van der Waals surface area contributed by atoms with E-state index in [2.05, 4.69) is 0 Å². The maximum absolute atomic E-state index is 12.3. The number of nitrogens with zero attached hydrogens (tertiary/aromatic N) is 2. The number of benzene rings is 2. The van der Waals surface area contributed by atoms with Gasteiger partial charge in [0.2, 0.25) is 0 Å². The van der Waals surface area contributed by atoms with Crippen LogP contribution in [-0.2, 0) is 4.74 Å². The molecular formula is C18H18N2O6. The second-order valence-corrected chi connectivity index (χ2v) is 5.58. The van der Waals surface area contributed by atoms with Gasteiger partial charge in [0, 0.05) is 31.8 Å². The lowest BCUT2D eigenvalue weighted by Gasteiger charge is -2.16. The molecule has 0 heterocycles. The zero-order chi connectivity index (χ0) is 19.3. The molecular weight excluding hydrogens is 340 g/mol. The summed E-state index contributed by atoms with van der Waals surface area (Å²) in [5.41, 5.74) is 0.610. The number of rotatable bonds is 7. The first-order valence-electron chi connectivity index (χ1n) is 7.63. The lowest BCUT2D eigenvalue weighted by molar-refractivity contribution is -0.384. The summed E-state index contributed by atoms with van der Waals surface area (Å²) >= 11 is 0. The standard InChI is InChI=1S/C18H18N2O6/c1-19(2)16-9-6-13(20(23)24)10-15(16)18(22)26-11-17(21)12-4-7-14(25-3)8-5-12/h4-10H,11H2,1-3H3. The molecule has 0 radical (unpaired) electrons. The molecule has 0 spiro atoms. The number of ketones is 1. The summed E-state index contributed by atoms with van der Waals surface area (Å²) in [5, 5.41) is 10.9. The maximum Gasteiger partial charge on any atom is 0.340 e. The number of hydrogen-bond donors (Lipinski definition) is 0. The van der Waals surface area contributed by atoms with Gasteiger partial charge in [-0.05, 0) is 30.3 Å². The number of methoxy groups -OCH3 is 1. The quantitative estimate of drug-likeness (QED) is 0.325. The molecule has 8 heteroatoms. The molecule has 8 nitrogen and oxygen atoms in total. The van der Waals surface area contributed by atoms with Crippen LogP contribution >= 0.6 is 0 Å². The largest absolute Gasteiger partial charge is 0.497 e. The van der Waals surface area contributed by atoms with E-state index < -0.39 is 23.3 Å². The number of hydrogen-bond acceptors (Lipinski definition) is 7. The summed E-state index contributed by atoms with van der Waals surface area (Å²) in [4.78, 5) is 36.4. The van der Waals surface area contributed by atoms with Crippen molar-refractivity contribution in [2.24, 2.45) is 0 Å². The number of non-ortho nitro benzene ring substituents is 1. The van der Waals surface area contributed by atoms with Crippen LogP contribution < -0.4 is 9.64 Å². The summed E-state index contributed by atoms with van der Waals surface area (Å²) in [6.07, 6.45) is 0. The molecule has 0 aliphatic rings. The molecule has 0 fully saturated rings. The number of anilines is 1. The predicted octanol–water partition coefficient (Wildman–Crippen LogP) is 2.71. The van der Waals surface area contributed by atoms with Crippen LogP contribution in [-0.4, -0.2) is 44.5 Å². The van der Waals surface area contributed by atoms with Crippen molar-refractivity contribution >= 4 is 23.1 Å². The van der Waals surface area contributed by atoms with Gasteiger partial charge >= 0.3 is 5.97 Å². The molecule has 0 saturated carbocycles. The topological polar surface area (TPSA) is 99.0 Å². The van der Waals surface area contributed by atoms with E-state index in [0.717, 1.165) is 6.07 Å². The lowest BCUT2D eigenvalue weighted by atomic mass is 10.1. The van der Waals surface area contributed by atoms with Gasteiger partial charge in [-0.1, -0.05) is 0 Å². The summed E-state index contributed by atoms with van der Waals surface area (Å²) in [5.74, 6) is -0.595. The predicted molar refractivity (Wildman–Crippen MR) is 95.0 cm³/mol. The number of nitro benzene ring substituents is 1. The fraction of sp³-hybridized carbons (Fsp3) is 0.222. The van der Waals surface area contributed by atoms with E-state index >= 15 is 0 Å². The van der Waals surface area contributed by atoms with Crippen molar-refractivity contribution in [3.63, 3.8) is 0 Å². The van der Waals surface area contributed by atoms with Crippen molar-refractivity contribution in [3.05, 3.63) is 63.7 Å². The third kappa shape index (κ3) is 4.35. The normalized spacial score (nSPS) is 10.1. The first kappa shape index (κ1) is 18.9. The van der Waals surface area contributed by atoms with Crippen molar-refractivity contribution < 1.29 is 24.0 Å². The number of carbonyl (C=O) groups is 2. The minimum absolute atomic E-state index is 0.0201. The summed E-state index contributed by atoms with van der Waals surface area (Å²) in [6.45, 7) is -0.472. The number of Topliss-reactive ketones (excluding diaryl/α,β-unsaturated/α-hetero) is 1. The van der Waals surface area contributed by atoms with E-state index in [9.17, 15) is 19.7 Å². The Balaban J connectivity index is 2.14. The van der Waals surface area contributed by atoms with Crippen LogP contribution in [0.1, 0.15) is 20.7 Å². The van der Waals surface area contributed by atoms with Crippen LogP contribution in [0.5, 0.6) is 5.75 Å². The SMILES string of the molecule is COc1ccc(C(=O)COC(=O)c2cc([N+](=O)[O-])ccc2N(C)C)cc1. The summed E-state index contributed by atoms with van der Waals surface area (Å²) in [7, 11) is 4.90. The average Bonchev–Trinajstić information content (AvgIpc) is 2.65. The highest BCUT2D eigenvalue weighted by Crippen LogP contribution is 2.25.